The van der Waals surface area contributed by atoms with E-state index in [4.69, 9.17) is 0 Å². The highest BCUT2D eigenvalue weighted by atomic mass is 127. The zero-order valence-corrected chi connectivity index (χ0v) is 11.0. The Bertz CT molecular complexity index is 349. The van der Waals surface area contributed by atoms with Crippen LogP contribution in [0.5, 0.6) is 5.75 Å². The Morgan fingerprint density at radius 2 is 2.08 bits per heavy atom. The summed E-state index contributed by atoms with van der Waals surface area (Å²) in [5.41, 5.74) is 0.231. The number of benzene rings is 1. The molecule has 0 unspecified atom stereocenters. The molecule has 0 aliphatic carbocycles. The van der Waals surface area contributed by atoms with Crippen molar-refractivity contribution in [2.45, 2.75) is 0 Å². The monoisotopic (exact) mass is 404 g/mol. The second kappa shape index (κ2) is 4.45. The minimum absolute atomic E-state index is 0.0448. The summed E-state index contributed by atoms with van der Waals surface area (Å²) in [5, 5.41) is 9.41. The molecule has 0 amide bonds. The molecule has 0 fully saturated rings. The number of carbonyl (C=O) groups excluding carboxylic acids is 1. The molecule has 5 heteroatoms. The molecule has 70 valence electrons. The van der Waals surface area contributed by atoms with Crippen LogP contribution in [0.2, 0.25) is 0 Å². The van der Waals surface area contributed by atoms with Crippen molar-refractivity contribution < 1.29 is 14.6 Å². The molecule has 1 aromatic carbocycles. The van der Waals surface area contributed by atoms with Crippen LogP contribution in [0.1, 0.15) is 10.4 Å². The van der Waals surface area contributed by atoms with Gasteiger partial charge in [-0.2, -0.15) is 0 Å². The van der Waals surface area contributed by atoms with E-state index >= 15 is 0 Å². The predicted octanol–water partition coefficient (Wildman–Crippen LogP) is 2.39. The van der Waals surface area contributed by atoms with E-state index in [1.165, 1.54) is 13.2 Å². The Labute approximate surface area is 103 Å². The number of phenols is 1. The largest absolute Gasteiger partial charge is 0.507 e. The highest BCUT2D eigenvalue weighted by Crippen LogP contribution is 2.27. The molecule has 1 N–H and O–H groups in total. The number of carbonyl (C=O) groups is 1. The van der Waals surface area contributed by atoms with Crippen LogP contribution in [0.4, 0.5) is 0 Å². The summed E-state index contributed by atoms with van der Waals surface area (Å²) < 4.78 is 6.17. The molecule has 0 saturated carbocycles. The molecule has 0 aliphatic rings. The number of aromatic hydroxyl groups is 1. The fourth-order valence-electron chi connectivity index (χ4n) is 0.837. The summed E-state index contributed by atoms with van der Waals surface area (Å²) in [7, 11) is 1.29. The number of hydrogen-bond donors (Lipinski definition) is 1. The maximum Gasteiger partial charge on any atom is 0.342 e. The third kappa shape index (κ3) is 2.25. The van der Waals surface area contributed by atoms with Crippen LogP contribution in [0.3, 0.4) is 0 Å². The lowest BCUT2D eigenvalue weighted by atomic mass is 10.2. The Kier molecular flexibility index (Phi) is 3.77. The lowest BCUT2D eigenvalue weighted by molar-refractivity contribution is 0.0596. The van der Waals surface area contributed by atoms with Gasteiger partial charge in [0.05, 0.1) is 7.11 Å². The van der Waals surface area contributed by atoms with Crippen LogP contribution in [0, 0.1) is 7.14 Å². The number of hydrogen-bond acceptors (Lipinski definition) is 3. The van der Waals surface area contributed by atoms with Gasteiger partial charge in [0.15, 0.2) is 0 Å². The van der Waals surface area contributed by atoms with E-state index in [1.807, 2.05) is 22.6 Å². The number of rotatable bonds is 1. The van der Waals surface area contributed by atoms with E-state index in [9.17, 15) is 9.90 Å². The molecule has 1 rings (SSSR count). The molecule has 0 atom stereocenters. The summed E-state index contributed by atoms with van der Waals surface area (Å²) in [6.07, 6.45) is 0. The quantitative estimate of drug-likeness (QED) is 0.578. The molecular formula is C8H6I2O3. The first-order valence-electron chi connectivity index (χ1n) is 3.33. The normalized spacial score (nSPS) is 9.77. The van der Waals surface area contributed by atoms with Crippen molar-refractivity contribution >= 4 is 51.2 Å². The summed E-state index contributed by atoms with van der Waals surface area (Å²) >= 11 is 4.09. The molecule has 0 radical (unpaired) electrons. The molecule has 0 aliphatic heterocycles. The number of esters is 1. The van der Waals surface area contributed by atoms with Gasteiger partial charge in [-0.1, -0.05) is 0 Å². The van der Waals surface area contributed by atoms with Crippen LogP contribution in [-0.2, 0) is 4.74 Å². The third-order valence-corrected chi connectivity index (χ3v) is 4.51. The summed E-state index contributed by atoms with van der Waals surface area (Å²) in [5.74, 6) is -0.558. The van der Waals surface area contributed by atoms with E-state index in [0.29, 0.717) is 3.57 Å². The van der Waals surface area contributed by atoms with Gasteiger partial charge in [0.2, 0.25) is 0 Å². The van der Waals surface area contributed by atoms with Crippen molar-refractivity contribution in [1.29, 1.82) is 0 Å². The highest BCUT2D eigenvalue weighted by molar-refractivity contribution is 14.1. The molecule has 0 spiro atoms. The fraction of sp³-hybridized carbons (Fsp3) is 0.125. The minimum Gasteiger partial charge on any atom is -0.507 e. The van der Waals surface area contributed by atoms with Crippen molar-refractivity contribution in [2.24, 2.45) is 0 Å². The Morgan fingerprint density at radius 3 is 2.62 bits per heavy atom. The SMILES string of the molecule is COC(=O)c1c(O)ccc(I)c1I. The maximum atomic E-state index is 11.2. The average molecular weight is 404 g/mol. The highest BCUT2D eigenvalue weighted by Gasteiger charge is 2.17. The smallest absolute Gasteiger partial charge is 0.342 e. The number of phenolic OH excluding ortho intramolecular Hbond substituents is 1. The van der Waals surface area contributed by atoms with Crippen molar-refractivity contribution in [2.75, 3.05) is 7.11 Å². The predicted molar refractivity (Wildman–Crippen MR) is 64.9 cm³/mol. The first-order valence-corrected chi connectivity index (χ1v) is 5.49. The lowest BCUT2D eigenvalue weighted by Gasteiger charge is -2.06. The van der Waals surface area contributed by atoms with Crippen molar-refractivity contribution in [3.63, 3.8) is 0 Å². The van der Waals surface area contributed by atoms with Gasteiger partial charge < -0.3 is 9.84 Å². The van der Waals surface area contributed by atoms with Gasteiger partial charge >= 0.3 is 5.97 Å². The van der Waals surface area contributed by atoms with Gasteiger partial charge in [-0.25, -0.2) is 4.79 Å². The topological polar surface area (TPSA) is 46.5 Å². The molecule has 3 nitrogen and oxygen atoms in total. The molecule has 1 aromatic rings. The van der Waals surface area contributed by atoms with Gasteiger partial charge in [-0.15, -0.1) is 0 Å². The van der Waals surface area contributed by atoms with Gasteiger partial charge in [-0.05, 0) is 57.3 Å². The van der Waals surface area contributed by atoms with Crippen molar-refractivity contribution in [3.8, 4) is 5.75 Å². The molecule has 0 aromatic heterocycles. The maximum absolute atomic E-state index is 11.2. The molecular weight excluding hydrogens is 398 g/mol. The van der Waals surface area contributed by atoms with Gasteiger partial charge in [-0.3, -0.25) is 0 Å². The standard InChI is InChI=1S/C8H6I2O3/c1-13-8(12)6-5(11)3-2-4(9)7(6)10/h2-3,11H,1H3. The van der Waals surface area contributed by atoms with E-state index < -0.39 is 5.97 Å². The number of methoxy groups -OCH3 is 1. The van der Waals surface area contributed by atoms with Crippen LogP contribution in [0.25, 0.3) is 0 Å². The number of halogens is 2. The van der Waals surface area contributed by atoms with Crippen LogP contribution >= 0.6 is 45.2 Å². The van der Waals surface area contributed by atoms with Crippen molar-refractivity contribution in [1.82, 2.24) is 0 Å². The zero-order valence-electron chi connectivity index (χ0n) is 6.67. The third-order valence-electron chi connectivity index (χ3n) is 1.46. The minimum atomic E-state index is -0.514. The van der Waals surface area contributed by atoms with E-state index in [0.717, 1.165) is 3.57 Å². The van der Waals surface area contributed by atoms with Crippen LogP contribution in [-0.4, -0.2) is 18.2 Å². The summed E-state index contributed by atoms with van der Waals surface area (Å²) in [6.45, 7) is 0. The Balaban J connectivity index is 3.33. The number of ether oxygens (including phenoxy) is 1. The molecule has 0 saturated heterocycles. The molecule has 13 heavy (non-hydrogen) atoms. The Morgan fingerprint density at radius 1 is 1.46 bits per heavy atom. The van der Waals surface area contributed by atoms with E-state index in [1.54, 1.807) is 6.07 Å². The Hall–Kier alpha value is -0.0500. The van der Waals surface area contributed by atoms with E-state index in [-0.39, 0.29) is 11.3 Å². The fourth-order valence-corrected chi connectivity index (χ4v) is 1.96. The molecule has 0 bridgehead atoms. The average Bonchev–Trinajstić information content (AvgIpc) is 2.12. The van der Waals surface area contributed by atoms with Gasteiger partial charge in [0.25, 0.3) is 0 Å². The van der Waals surface area contributed by atoms with Gasteiger partial charge in [0, 0.05) is 7.14 Å². The second-order valence-corrected chi connectivity index (χ2v) is 4.49. The zero-order chi connectivity index (χ0) is 10.0. The van der Waals surface area contributed by atoms with Crippen LogP contribution < -0.4 is 0 Å². The van der Waals surface area contributed by atoms with Crippen LogP contribution in [0.15, 0.2) is 12.1 Å². The first kappa shape index (κ1) is 11.0. The van der Waals surface area contributed by atoms with Crippen molar-refractivity contribution in [3.05, 3.63) is 24.8 Å². The van der Waals surface area contributed by atoms with E-state index in [2.05, 4.69) is 27.3 Å². The first-order chi connectivity index (χ1) is 6.07. The second-order valence-electron chi connectivity index (χ2n) is 2.25. The molecule has 0 heterocycles. The summed E-state index contributed by atoms with van der Waals surface area (Å²) in [4.78, 5) is 11.2. The lowest BCUT2D eigenvalue weighted by Crippen LogP contribution is -2.05. The summed E-state index contributed by atoms with van der Waals surface area (Å²) in [6, 6.07) is 3.22. The van der Waals surface area contributed by atoms with Gasteiger partial charge in [0.1, 0.15) is 11.3 Å².